The molecule has 1 aromatic carbocycles. The Labute approximate surface area is 144 Å². The number of hydrogen-bond acceptors (Lipinski definition) is 4. The van der Waals surface area contributed by atoms with Crippen molar-refractivity contribution in [3.63, 3.8) is 0 Å². The second kappa shape index (κ2) is 7.63. The van der Waals surface area contributed by atoms with Crippen LogP contribution in [0.5, 0.6) is 0 Å². The number of benzene rings is 1. The number of carbonyl (C=O) groups is 1. The van der Waals surface area contributed by atoms with Crippen LogP contribution in [0.25, 0.3) is 0 Å². The van der Waals surface area contributed by atoms with E-state index in [0.29, 0.717) is 18.7 Å². The average Bonchev–Trinajstić information content (AvgIpc) is 3.00. The Bertz CT molecular complexity index is 695. The lowest BCUT2D eigenvalue weighted by molar-refractivity contribution is 0.0696. The van der Waals surface area contributed by atoms with E-state index in [4.69, 9.17) is 0 Å². The summed E-state index contributed by atoms with van der Waals surface area (Å²) in [6.07, 6.45) is 3.80. The predicted molar refractivity (Wildman–Crippen MR) is 92.8 cm³/mol. The van der Waals surface area contributed by atoms with E-state index in [1.54, 1.807) is 17.3 Å². The van der Waals surface area contributed by atoms with Gasteiger partial charge >= 0.3 is 5.97 Å². The molecule has 0 aliphatic heterocycles. The first kappa shape index (κ1) is 18.9. The molecule has 1 N–H and O–H groups in total. The van der Waals surface area contributed by atoms with E-state index >= 15 is 0 Å². The number of likely N-dealkylation sites (N-methyl/N-ethyl adjacent to an activating group) is 1. The molecule has 0 spiro atoms. The highest BCUT2D eigenvalue weighted by atomic mass is 32.2. The highest BCUT2D eigenvalue weighted by Gasteiger charge is 2.34. The van der Waals surface area contributed by atoms with Gasteiger partial charge in [0.2, 0.25) is 10.0 Å². The van der Waals surface area contributed by atoms with Crippen molar-refractivity contribution in [2.45, 2.75) is 43.5 Å². The number of nitrogens with zero attached hydrogens (tertiary/aromatic N) is 2. The van der Waals surface area contributed by atoms with Gasteiger partial charge in [0.05, 0.1) is 10.5 Å². The van der Waals surface area contributed by atoms with Gasteiger partial charge in [0.15, 0.2) is 0 Å². The van der Waals surface area contributed by atoms with Crippen molar-refractivity contribution < 1.29 is 18.3 Å². The third-order valence-electron chi connectivity index (χ3n) is 4.52. The Morgan fingerprint density at radius 1 is 1.21 bits per heavy atom. The molecular weight excluding hydrogens is 328 g/mol. The van der Waals surface area contributed by atoms with Gasteiger partial charge in [-0.3, -0.25) is 0 Å². The average molecular weight is 354 g/mol. The number of sulfonamides is 1. The quantitative estimate of drug-likeness (QED) is 0.812. The molecule has 2 rings (SSSR count). The first-order valence-electron chi connectivity index (χ1n) is 8.24. The molecule has 0 unspecified atom stereocenters. The van der Waals surface area contributed by atoms with Crippen molar-refractivity contribution in [3.05, 3.63) is 29.3 Å². The molecule has 6 nitrogen and oxygen atoms in total. The normalized spacial score (nSPS) is 16.2. The molecule has 1 saturated carbocycles. The zero-order valence-corrected chi connectivity index (χ0v) is 15.3. The summed E-state index contributed by atoms with van der Waals surface area (Å²) < 4.78 is 28.1. The van der Waals surface area contributed by atoms with Gasteiger partial charge in [-0.15, -0.1) is 0 Å². The fourth-order valence-electron chi connectivity index (χ4n) is 3.13. The Morgan fingerprint density at radius 2 is 1.83 bits per heavy atom. The van der Waals surface area contributed by atoms with Crippen LogP contribution >= 0.6 is 0 Å². The molecule has 24 heavy (non-hydrogen) atoms. The molecule has 1 fully saturated rings. The van der Waals surface area contributed by atoms with Crippen molar-refractivity contribution in [1.29, 1.82) is 0 Å². The molecule has 0 aromatic heterocycles. The van der Waals surface area contributed by atoms with Gasteiger partial charge in [-0.1, -0.05) is 18.9 Å². The predicted octanol–water partition coefficient (Wildman–Crippen LogP) is 2.19. The number of aromatic carboxylic acids is 1. The molecule has 7 heteroatoms. The highest BCUT2D eigenvalue weighted by Crippen LogP contribution is 2.30. The molecule has 0 bridgehead atoms. The summed E-state index contributed by atoms with van der Waals surface area (Å²) in [4.78, 5) is 13.3. The first-order chi connectivity index (χ1) is 11.2. The van der Waals surface area contributed by atoms with E-state index in [-0.39, 0.29) is 16.5 Å². The minimum atomic E-state index is -3.72. The molecule has 0 saturated heterocycles. The van der Waals surface area contributed by atoms with Crippen LogP contribution in [0, 0.1) is 6.92 Å². The lowest BCUT2D eigenvalue weighted by Gasteiger charge is -2.29. The molecule has 0 amide bonds. The Hall–Kier alpha value is -1.44. The smallest absolute Gasteiger partial charge is 0.335 e. The van der Waals surface area contributed by atoms with E-state index in [9.17, 15) is 18.3 Å². The maximum absolute atomic E-state index is 13.2. The van der Waals surface area contributed by atoms with Crippen LogP contribution in [-0.4, -0.2) is 61.9 Å². The molecular formula is C17H26N2O4S. The fraction of sp³-hybridized carbons (Fsp3) is 0.588. The van der Waals surface area contributed by atoms with Gasteiger partial charge in [-0.05, 0) is 51.6 Å². The lowest BCUT2D eigenvalue weighted by Crippen LogP contribution is -2.42. The van der Waals surface area contributed by atoms with Crippen molar-refractivity contribution in [1.82, 2.24) is 9.21 Å². The maximum atomic E-state index is 13.2. The summed E-state index contributed by atoms with van der Waals surface area (Å²) in [5, 5.41) is 9.18. The van der Waals surface area contributed by atoms with E-state index in [1.807, 2.05) is 19.0 Å². The molecule has 0 atom stereocenters. The van der Waals surface area contributed by atoms with Gasteiger partial charge in [0.1, 0.15) is 0 Å². The van der Waals surface area contributed by atoms with E-state index in [1.165, 1.54) is 12.1 Å². The van der Waals surface area contributed by atoms with Crippen LogP contribution in [0.3, 0.4) is 0 Å². The monoisotopic (exact) mass is 354 g/mol. The van der Waals surface area contributed by atoms with E-state index < -0.39 is 16.0 Å². The van der Waals surface area contributed by atoms with Crippen LogP contribution in [0.4, 0.5) is 0 Å². The number of carboxylic acid groups (broad SMARTS) is 1. The second-order valence-corrected chi connectivity index (χ2v) is 8.50. The van der Waals surface area contributed by atoms with Crippen molar-refractivity contribution >= 4 is 16.0 Å². The lowest BCUT2D eigenvalue weighted by atomic mass is 10.1. The Kier molecular flexibility index (Phi) is 6.01. The molecule has 0 radical (unpaired) electrons. The minimum Gasteiger partial charge on any atom is -0.478 e. The van der Waals surface area contributed by atoms with Crippen LogP contribution in [0.1, 0.15) is 41.6 Å². The maximum Gasteiger partial charge on any atom is 0.335 e. The number of aryl methyl sites for hydroxylation is 1. The highest BCUT2D eigenvalue weighted by molar-refractivity contribution is 7.89. The van der Waals surface area contributed by atoms with Gasteiger partial charge < -0.3 is 10.0 Å². The number of carboxylic acids is 1. The molecule has 1 aromatic rings. The van der Waals surface area contributed by atoms with Crippen molar-refractivity contribution in [3.8, 4) is 0 Å². The third-order valence-corrected chi connectivity index (χ3v) is 6.62. The summed E-state index contributed by atoms with van der Waals surface area (Å²) in [5.41, 5.74) is 0.575. The minimum absolute atomic E-state index is 0.00171. The number of rotatable bonds is 7. The second-order valence-electron chi connectivity index (χ2n) is 6.64. The van der Waals surface area contributed by atoms with Gasteiger partial charge in [0.25, 0.3) is 0 Å². The Morgan fingerprint density at radius 3 is 2.38 bits per heavy atom. The van der Waals surface area contributed by atoms with Gasteiger partial charge in [-0.25, -0.2) is 13.2 Å². The van der Waals surface area contributed by atoms with Crippen LogP contribution < -0.4 is 0 Å². The van der Waals surface area contributed by atoms with E-state index in [2.05, 4.69) is 0 Å². The first-order valence-corrected chi connectivity index (χ1v) is 9.68. The van der Waals surface area contributed by atoms with Crippen molar-refractivity contribution in [2.24, 2.45) is 0 Å². The molecule has 0 heterocycles. The zero-order valence-electron chi connectivity index (χ0n) is 14.5. The van der Waals surface area contributed by atoms with Crippen LogP contribution in [-0.2, 0) is 10.0 Å². The van der Waals surface area contributed by atoms with Crippen molar-refractivity contribution in [2.75, 3.05) is 27.2 Å². The van der Waals surface area contributed by atoms with E-state index in [0.717, 1.165) is 25.7 Å². The summed E-state index contributed by atoms with van der Waals surface area (Å²) in [6, 6.07) is 4.29. The summed E-state index contributed by atoms with van der Waals surface area (Å²) in [7, 11) is 0.101. The zero-order chi connectivity index (χ0) is 17.9. The molecule has 1 aliphatic rings. The van der Waals surface area contributed by atoms with Crippen LogP contribution in [0.2, 0.25) is 0 Å². The number of hydrogen-bond donors (Lipinski definition) is 1. The largest absolute Gasteiger partial charge is 0.478 e. The third kappa shape index (κ3) is 4.15. The Balaban J connectivity index is 2.43. The van der Waals surface area contributed by atoms with Gasteiger partial charge in [-0.2, -0.15) is 4.31 Å². The fourth-order valence-corrected chi connectivity index (χ4v) is 5.06. The topological polar surface area (TPSA) is 77.9 Å². The SMILES string of the molecule is Cc1ccc(C(=O)O)cc1S(=O)(=O)N(CCN(C)C)C1CCCC1. The standard InChI is InChI=1S/C17H26N2O4S/c1-13-8-9-14(17(20)21)12-16(13)24(22,23)19(11-10-18(2)3)15-6-4-5-7-15/h8-9,12,15H,4-7,10-11H2,1-3H3,(H,20,21). The molecule has 134 valence electrons. The summed E-state index contributed by atoms with van der Waals surface area (Å²) >= 11 is 0. The van der Waals surface area contributed by atoms with Gasteiger partial charge in [0, 0.05) is 19.1 Å². The molecule has 1 aliphatic carbocycles. The summed E-state index contributed by atoms with van der Waals surface area (Å²) in [5.74, 6) is -1.12. The summed E-state index contributed by atoms with van der Waals surface area (Å²) in [6.45, 7) is 2.75. The van der Waals surface area contributed by atoms with Crippen LogP contribution in [0.15, 0.2) is 23.1 Å².